The van der Waals surface area contributed by atoms with Crippen LogP contribution in [-0.4, -0.2) is 23.1 Å². The minimum absolute atomic E-state index is 0.246. The second-order valence-corrected chi connectivity index (χ2v) is 3.35. The minimum Gasteiger partial charge on any atom is -0.330 e. The number of hydrogen-bond donors (Lipinski definition) is 2. The van der Waals surface area contributed by atoms with Crippen LogP contribution in [-0.2, 0) is 0 Å². The molecule has 1 atom stereocenters. The van der Waals surface area contributed by atoms with Crippen LogP contribution in [0.25, 0.3) is 0 Å². The van der Waals surface area contributed by atoms with Gasteiger partial charge in [0.25, 0.3) is 0 Å². The number of rotatable bonds is 5. The van der Waals surface area contributed by atoms with Gasteiger partial charge in [-0.3, -0.25) is 9.97 Å². The summed E-state index contributed by atoms with van der Waals surface area (Å²) in [6, 6.07) is 0.246. The van der Waals surface area contributed by atoms with E-state index in [0.717, 1.165) is 30.9 Å². The first-order chi connectivity index (χ1) is 6.75. The molecule has 78 valence electrons. The van der Waals surface area contributed by atoms with E-state index in [1.807, 2.05) is 6.92 Å². The van der Waals surface area contributed by atoms with Crippen molar-refractivity contribution in [2.24, 2.45) is 5.73 Å². The molecule has 4 heteroatoms. The SMILES string of the molecule is Cc1nccnc1C(C)NCCCN. The summed E-state index contributed by atoms with van der Waals surface area (Å²) in [5, 5.41) is 3.36. The van der Waals surface area contributed by atoms with Gasteiger partial charge in [0.2, 0.25) is 0 Å². The fraction of sp³-hybridized carbons (Fsp3) is 0.600. The van der Waals surface area contributed by atoms with Gasteiger partial charge in [0.05, 0.1) is 11.4 Å². The van der Waals surface area contributed by atoms with Gasteiger partial charge in [0, 0.05) is 18.4 Å². The van der Waals surface area contributed by atoms with Gasteiger partial charge in [-0.05, 0) is 33.4 Å². The van der Waals surface area contributed by atoms with Crippen molar-refractivity contribution < 1.29 is 0 Å². The van der Waals surface area contributed by atoms with Crippen molar-refractivity contribution in [3.05, 3.63) is 23.8 Å². The Morgan fingerprint density at radius 1 is 1.43 bits per heavy atom. The molecule has 4 nitrogen and oxygen atoms in total. The molecule has 0 saturated heterocycles. The monoisotopic (exact) mass is 194 g/mol. The van der Waals surface area contributed by atoms with Crippen molar-refractivity contribution in [1.29, 1.82) is 0 Å². The van der Waals surface area contributed by atoms with Crippen LogP contribution in [0.15, 0.2) is 12.4 Å². The van der Waals surface area contributed by atoms with E-state index in [9.17, 15) is 0 Å². The maximum absolute atomic E-state index is 5.42. The molecule has 0 aliphatic heterocycles. The lowest BCUT2D eigenvalue weighted by molar-refractivity contribution is 0.545. The molecule has 0 aromatic carbocycles. The number of nitrogens with two attached hydrogens (primary N) is 1. The van der Waals surface area contributed by atoms with E-state index in [4.69, 9.17) is 5.73 Å². The predicted octanol–water partition coefficient (Wildman–Crippen LogP) is 0.784. The van der Waals surface area contributed by atoms with Crippen LogP contribution in [0.2, 0.25) is 0 Å². The zero-order valence-corrected chi connectivity index (χ0v) is 8.83. The van der Waals surface area contributed by atoms with E-state index in [-0.39, 0.29) is 6.04 Å². The van der Waals surface area contributed by atoms with Crippen LogP contribution in [0.4, 0.5) is 0 Å². The van der Waals surface area contributed by atoms with Gasteiger partial charge in [-0.25, -0.2) is 0 Å². The number of nitrogens with zero attached hydrogens (tertiary/aromatic N) is 2. The van der Waals surface area contributed by atoms with Crippen LogP contribution in [0.3, 0.4) is 0 Å². The van der Waals surface area contributed by atoms with Crippen LogP contribution in [0.5, 0.6) is 0 Å². The first-order valence-corrected chi connectivity index (χ1v) is 4.96. The zero-order chi connectivity index (χ0) is 10.4. The van der Waals surface area contributed by atoms with Crippen LogP contribution >= 0.6 is 0 Å². The van der Waals surface area contributed by atoms with Crippen LogP contribution < -0.4 is 11.1 Å². The third-order valence-electron chi connectivity index (χ3n) is 2.16. The molecule has 0 fully saturated rings. The molecule has 0 spiro atoms. The first-order valence-electron chi connectivity index (χ1n) is 4.96. The molecular formula is C10H18N4. The smallest absolute Gasteiger partial charge is 0.0782 e. The highest BCUT2D eigenvalue weighted by Crippen LogP contribution is 2.10. The fourth-order valence-corrected chi connectivity index (χ4v) is 1.36. The lowest BCUT2D eigenvalue weighted by Gasteiger charge is -2.14. The van der Waals surface area contributed by atoms with Crippen LogP contribution in [0, 0.1) is 6.92 Å². The van der Waals surface area contributed by atoms with E-state index in [1.54, 1.807) is 12.4 Å². The maximum atomic E-state index is 5.42. The van der Waals surface area contributed by atoms with Gasteiger partial charge in [-0.15, -0.1) is 0 Å². The summed E-state index contributed by atoms with van der Waals surface area (Å²) in [6.07, 6.45) is 4.43. The van der Waals surface area contributed by atoms with Crippen molar-refractivity contribution >= 4 is 0 Å². The average molecular weight is 194 g/mol. The molecule has 0 radical (unpaired) electrons. The second-order valence-electron chi connectivity index (χ2n) is 3.35. The van der Waals surface area contributed by atoms with E-state index in [0.29, 0.717) is 0 Å². The summed E-state index contributed by atoms with van der Waals surface area (Å²) in [6.45, 7) is 5.71. The maximum Gasteiger partial charge on any atom is 0.0782 e. The Labute approximate surface area is 85.0 Å². The molecule has 1 unspecified atom stereocenters. The predicted molar refractivity (Wildman–Crippen MR) is 56.9 cm³/mol. The van der Waals surface area contributed by atoms with E-state index < -0.39 is 0 Å². The third-order valence-corrected chi connectivity index (χ3v) is 2.16. The minimum atomic E-state index is 0.246. The number of nitrogens with one attached hydrogen (secondary N) is 1. The quantitative estimate of drug-likeness (QED) is 0.680. The van der Waals surface area contributed by atoms with Crippen molar-refractivity contribution in [2.75, 3.05) is 13.1 Å². The highest BCUT2D eigenvalue weighted by Gasteiger charge is 2.08. The largest absolute Gasteiger partial charge is 0.330 e. The summed E-state index contributed by atoms with van der Waals surface area (Å²) in [5.74, 6) is 0. The Morgan fingerprint density at radius 3 is 2.79 bits per heavy atom. The Bertz CT molecular complexity index is 275. The summed E-state index contributed by atoms with van der Waals surface area (Å²) in [5.41, 5.74) is 7.42. The van der Waals surface area contributed by atoms with E-state index >= 15 is 0 Å². The highest BCUT2D eigenvalue weighted by molar-refractivity contribution is 5.12. The molecule has 0 saturated carbocycles. The highest BCUT2D eigenvalue weighted by atomic mass is 14.9. The standard InChI is InChI=1S/C10H18N4/c1-8(12-5-3-4-11)10-9(2)13-6-7-14-10/h6-8,12H,3-5,11H2,1-2H3. The Balaban J connectivity index is 2.51. The van der Waals surface area contributed by atoms with E-state index in [1.165, 1.54) is 0 Å². The molecule has 0 aliphatic rings. The molecule has 0 amide bonds. The molecule has 1 rings (SSSR count). The summed E-state index contributed by atoms with van der Waals surface area (Å²) < 4.78 is 0. The number of hydrogen-bond acceptors (Lipinski definition) is 4. The van der Waals surface area contributed by atoms with Crippen LogP contribution in [0.1, 0.15) is 30.8 Å². The van der Waals surface area contributed by atoms with Gasteiger partial charge in [-0.2, -0.15) is 0 Å². The average Bonchev–Trinajstić information content (AvgIpc) is 2.18. The lowest BCUT2D eigenvalue weighted by Crippen LogP contribution is -2.23. The molecule has 14 heavy (non-hydrogen) atoms. The third kappa shape index (κ3) is 3.05. The van der Waals surface area contributed by atoms with Crippen molar-refractivity contribution in [1.82, 2.24) is 15.3 Å². The zero-order valence-electron chi connectivity index (χ0n) is 8.83. The second kappa shape index (κ2) is 5.67. The van der Waals surface area contributed by atoms with Crippen molar-refractivity contribution in [3.63, 3.8) is 0 Å². The summed E-state index contributed by atoms with van der Waals surface area (Å²) in [4.78, 5) is 8.50. The van der Waals surface area contributed by atoms with Crippen molar-refractivity contribution in [3.8, 4) is 0 Å². The Morgan fingerprint density at radius 2 is 2.14 bits per heavy atom. The molecule has 1 aromatic rings. The molecule has 1 aromatic heterocycles. The summed E-state index contributed by atoms with van der Waals surface area (Å²) >= 11 is 0. The molecule has 1 heterocycles. The van der Waals surface area contributed by atoms with Gasteiger partial charge >= 0.3 is 0 Å². The molecule has 0 bridgehead atoms. The number of aromatic nitrogens is 2. The molecule has 3 N–H and O–H groups in total. The first kappa shape index (κ1) is 11.1. The molecular weight excluding hydrogens is 176 g/mol. The topological polar surface area (TPSA) is 63.8 Å². The van der Waals surface area contributed by atoms with Gasteiger partial charge < -0.3 is 11.1 Å². The summed E-state index contributed by atoms with van der Waals surface area (Å²) in [7, 11) is 0. The van der Waals surface area contributed by atoms with Gasteiger partial charge in [-0.1, -0.05) is 0 Å². The Hall–Kier alpha value is -1.00. The van der Waals surface area contributed by atoms with Gasteiger partial charge in [0.1, 0.15) is 0 Å². The lowest BCUT2D eigenvalue weighted by atomic mass is 10.2. The molecule has 0 aliphatic carbocycles. The normalized spacial score (nSPS) is 12.8. The number of aryl methyl sites for hydroxylation is 1. The Kier molecular flexibility index (Phi) is 4.49. The fourth-order valence-electron chi connectivity index (χ4n) is 1.36. The van der Waals surface area contributed by atoms with E-state index in [2.05, 4.69) is 22.2 Å². The van der Waals surface area contributed by atoms with Crippen molar-refractivity contribution in [2.45, 2.75) is 26.3 Å². The van der Waals surface area contributed by atoms with Gasteiger partial charge in [0.15, 0.2) is 0 Å².